The highest BCUT2D eigenvalue weighted by Gasteiger charge is 2.21. The van der Waals surface area contributed by atoms with E-state index >= 15 is 0 Å². The molecule has 0 bridgehead atoms. The average molecular weight is 465 g/mol. The Bertz CT molecular complexity index is 1130. The SMILES string of the molecule is CCc1c(-c2ccc(C(C)CNC(=O)OC(C)(C)C)cn2)ccc2c1cnn2C1CCCCO1. The van der Waals surface area contributed by atoms with Crippen LogP contribution in [0.1, 0.15) is 77.2 Å². The van der Waals surface area contributed by atoms with Gasteiger partial charge in [0, 0.05) is 36.2 Å². The van der Waals surface area contributed by atoms with Crippen LogP contribution in [-0.2, 0) is 15.9 Å². The third kappa shape index (κ3) is 5.41. The van der Waals surface area contributed by atoms with Crippen LogP contribution in [0.3, 0.4) is 0 Å². The van der Waals surface area contributed by atoms with Crippen molar-refractivity contribution in [3.05, 3.63) is 47.8 Å². The minimum absolute atomic E-state index is 0.0231. The molecule has 7 heteroatoms. The Morgan fingerprint density at radius 2 is 2.06 bits per heavy atom. The van der Waals surface area contributed by atoms with E-state index in [1.54, 1.807) is 0 Å². The van der Waals surface area contributed by atoms with E-state index in [0.29, 0.717) is 6.54 Å². The van der Waals surface area contributed by atoms with E-state index in [2.05, 4.69) is 48.5 Å². The van der Waals surface area contributed by atoms with Crippen LogP contribution in [0.15, 0.2) is 36.7 Å². The molecule has 1 aliphatic heterocycles. The van der Waals surface area contributed by atoms with E-state index in [-0.39, 0.29) is 12.1 Å². The molecule has 1 fully saturated rings. The van der Waals surface area contributed by atoms with E-state index in [1.165, 1.54) is 12.0 Å². The Balaban J connectivity index is 1.51. The van der Waals surface area contributed by atoms with Gasteiger partial charge in [0.1, 0.15) is 5.60 Å². The van der Waals surface area contributed by atoms with Gasteiger partial charge >= 0.3 is 6.09 Å². The molecule has 1 aliphatic rings. The largest absolute Gasteiger partial charge is 0.444 e. The first-order valence-corrected chi connectivity index (χ1v) is 12.3. The second-order valence-electron chi connectivity index (χ2n) is 10.0. The van der Waals surface area contributed by atoms with Crippen molar-refractivity contribution < 1.29 is 14.3 Å². The van der Waals surface area contributed by atoms with Crippen LogP contribution in [0.2, 0.25) is 0 Å². The number of nitrogens with zero attached hydrogens (tertiary/aromatic N) is 3. The quantitative estimate of drug-likeness (QED) is 0.485. The lowest BCUT2D eigenvalue weighted by Crippen LogP contribution is -2.34. The maximum Gasteiger partial charge on any atom is 0.407 e. The number of amides is 1. The molecule has 0 radical (unpaired) electrons. The van der Waals surface area contributed by atoms with Gasteiger partial charge in [-0.2, -0.15) is 5.10 Å². The number of benzene rings is 1. The van der Waals surface area contributed by atoms with Gasteiger partial charge in [-0.15, -0.1) is 0 Å². The Morgan fingerprint density at radius 1 is 1.24 bits per heavy atom. The summed E-state index contributed by atoms with van der Waals surface area (Å²) < 4.78 is 13.3. The summed E-state index contributed by atoms with van der Waals surface area (Å²) in [7, 11) is 0. The van der Waals surface area contributed by atoms with Crippen LogP contribution in [0.4, 0.5) is 4.79 Å². The zero-order valence-electron chi connectivity index (χ0n) is 20.9. The molecule has 3 aromatic rings. The number of nitrogens with one attached hydrogen (secondary N) is 1. The lowest BCUT2D eigenvalue weighted by molar-refractivity contribution is -0.0366. The molecule has 1 N–H and O–H groups in total. The minimum atomic E-state index is -0.505. The third-order valence-corrected chi connectivity index (χ3v) is 6.26. The first-order valence-electron chi connectivity index (χ1n) is 12.3. The monoisotopic (exact) mass is 464 g/mol. The summed E-state index contributed by atoms with van der Waals surface area (Å²) in [5.74, 6) is 0.121. The van der Waals surface area contributed by atoms with Crippen molar-refractivity contribution in [1.29, 1.82) is 0 Å². The molecular weight excluding hydrogens is 428 g/mol. The van der Waals surface area contributed by atoms with Gasteiger partial charge in [0.25, 0.3) is 0 Å². The van der Waals surface area contributed by atoms with Crippen molar-refractivity contribution in [2.45, 2.75) is 78.0 Å². The zero-order chi connectivity index (χ0) is 24.3. The Kier molecular flexibility index (Phi) is 7.22. The molecule has 2 atom stereocenters. The summed E-state index contributed by atoms with van der Waals surface area (Å²) in [5, 5.41) is 8.69. The summed E-state index contributed by atoms with van der Waals surface area (Å²) in [6.45, 7) is 11.1. The molecule has 4 rings (SSSR count). The van der Waals surface area contributed by atoms with E-state index in [1.807, 2.05) is 37.8 Å². The summed E-state index contributed by atoms with van der Waals surface area (Å²) in [6, 6.07) is 8.44. The number of pyridine rings is 1. The molecule has 182 valence electrons. The van der Waals surface area contributed by atoms with Crippen LogP contribution in [0.25, 0.3) is 22.2 Å². The topological polar surface area (TPSA) is 78.3 Å². The highest BCUT2D eigenvalue weighted by molar-refractivity contribution is 5.89. The van der Waals surface area contributed by atoms with Crippen LogP contribution in [-0.4, -0.2) is 39.6 Å². The summed E-state index contributed by atoms with van der Waals surface area (Å²) in [6.07, 6.45) is 7.69. The van der Waals surface area contributed by atoms with E-state index in [4.69, 9.17) is 14.5 Å². The van der Waals surface area contributed by atoms with Crippen molar-refractivity contribution in [2.24, 2.45) is 0 Å². The van der Waals surface area contributed by atoms with Gasteiger partial charge in [0.2, 0.25) is 0 Å². The standard InChI is InChI=1S/C27H36N4O3/c1-6-20-21(11-13-24-22(20)17-30-31(24)25-9-7-8-14-33-25)23-12-10-19(16-28-23)18(2)15-29-26(32)34-27(3,4)5/h10-13,16-18,25H,6-9,14-15H2,1-5H3,(H,29,32). The number of fused-ring (bicyclic) bond motifs is 1. The van der Waals surface area contributed by atoms with Crippen LogP contribution in [0, 0.1) is 0 Å². The highest BCUT2D eigenvalue weighted by atomic mass is 16.6. The number of rotatable bonds is 6. The molecule has 7 nitrogen and oxygen atoms in total. The van der Waals surface area contributed by atoms with Crippen LogP contribution in [0.5, 0.6) is 0 Å². The lowest BCUT2D eigenvalue weighted by Gasteiger charge is -2.23. The molecule has 34 heavy (non-hydrogen) atoms. The molecule has 0 saturated carbocycles. The van der Waals surface area contributed by atoms with Crippen molar-refractivity contribution >= 4 is 17.0 Å². The smallest absolute Gasteiger partial charge is 0.407 e. The third-order valence-electron chi connectivity index (χ3n) is 6.26. The van der Waals surface area contributed by atoms with E-state index < -0.39 is 11.7 Å². The van der Waals surface area contributed by atoms with E-state index in [9.17, 15) is 4.79 Å². The molecule has 2 aromatic heterocycles. The number of alkyl carbamates (subject to hydrolysis) is 1. The number of hydrogen-bond donors (Lipinski definition) is 1. The highest BCUT2D eigenvalue weighted by Crippen LogP contribution is 2.33. The van der Waals surface area contributed by atoms with Crippen molar-refractivity contribution in [3.63, 3.8) is 0 Å². The Hall–Kier alpha value is -2.93. The molecule has 0 spiro atoms. The first-order chi connectivity index (χ1) is 16.3. The van der Waals surface area contributed by atoms with Crippen molar-refractivity contribution in [3.8, 4) is 11.3 Å². The molecule has 3 heterocycles. The Morgan fingerprint density at radius 3 is 2.71 bits per heavy atom. The molecule has 1 saturated heterocycles. The van der Waals surface area contributed by atoms with Crippen molar-refractivity contribution in [1.82, 2.24) is 20.1 Å². The van der Waals surface area contributed by atoms with Crippen LogP contribution < -0.4 is 5.32 Å². The number of aromatic nitrogens is 3. The maximum atomic E-state index is 12.0. The number of carbonyl (C=O) groups excluding carboxylic acids is 1. The first kappa shape index (κ1) is 24.2. The van der Waals surface area contributed by atoms with Gasteiger partial charge in [-0.25, -0.2) is 9.48 Å². The molecule has 1 aromatic carbocycles. The number of ether oxygens (including phenoxy) is 2. The fourth-order valence-corrected chi connectivity index (χ4v) is 4.47. The predicted molar refractivity (Wildman–Crippen MR) is 134 cm³/mol. The number of carbonyl (C=O) groups is 1. The molecule has 2 unspecified atom stereocenters. The Labute approximate surface area is 201 Å². The number of aryl methyl sites for hydroxylation is 1. The number of hydrogen-bond acceptors (Lipinski definition) is 5. The lowest BCUT2D eigenvalue weighted by atomic mass is 9.96. The fraction of sp³-hybridized carbons (Fsp3) is 0.519. The second kappa shape index (κ2) is 10.1. The van der Waals surface area contributed by atoms with Gasteiger partial charge < -0.3 is 14.8 Å². The fourth-order valence-electron chi connectivity index (χ4n) is 4.47. The van der Waals surface area contributed by atoms with Gasteiger partial charge in [-0.05, 0) is 69.7 Å². The van der Waals surface area contributed by atoms with Crippen LogP contribution >= 0.6 is 0 Å². The summed E-state index contributed by atoms with van der Waals surface area (Å²) >= 11 is 0. The van der Waals surface area contributed by atoms with Gasteiger partial charge in [-0.3, -0.25) is 4.98 Å². The second-order valence-corrected chi connectivity index (χ2v) is 10.0. The molecular formula is C27H36N4O3. The summed E-state index contributed by atoms with van der Waals surface area (Å²) in [5.41, 5.74) is 5.00. The summed E-state index contributed by atoms with van der Waals surface area (Å²) in [4.78, 5) is 16.7. The minimum Gasteiger partial charge on any atom is -0.444 e. The predicted octanol–water partition coefficient (Wildman–Crippen LogP) is 5.99. The molecule has 1 amide bonds. The van der Waals surface area contributed by atoms with Gasteiger partial charge in [0.15, 0.2) is 6.23 Å². The van der Waals surface area contributed by atoms with E-state index in [0.717, 1.165) is 53.6 Å². The molecule has 0 aliphatic carbocycles. The van der Waals surface area contributed by atoms with Gasteiger partial charge in [0.05, 0.1) is 17.4 Å². The van der Waals surface area contributed by atoms with Gasteiger partial charge in [-0.1, -0.05) is 26.0 Å². The van der Waals surface area contributed by atoms with Crippen molar-refractivity contribution in [2.75, 3.05) is 13.2 Å². The maximum absolute atomic E-state index is 12.0. The normalized spacial score (nSPS) is 17.5. The average Bonchev–Trinajstić information content (AvgIpc) is 3.26. The zero-order valence-corrected chi connectivity index (χ0v) is 20.9.